The van der Waals surface area contributed by atoms with E-state index in [2.05, 4.69) is 4.90 Å². The van der Waals surface area contributed by atoms with Crippen LogP contribution in [-0.2, 0) is 17.5 Å². The van der Waals surface area contributed by atoms with E-state index >= 15 is 0 Å². The Bertz CT molecular complexity index is 602. The Hall–Kier alpha value is -1.21. The molecule has 2 aliphatic rings. The minimum Gasteiger partial charge on any atom is -0.337 e. The van der Waals surface area contributed by atoms with Gasteiger partial charge in [0.25, 0.3) is 0 Å². The highest BCUT2D eigenvalue weighted by atomic mass is 32.2. The first-order chi connectivity index (χ1) is 11.9. The molecule has 0 aromatic heterocycles. The van der Waals surface area contributed by atoms with Crippen LogP contribution in [-0.4, -0.2) is 52.9 Å². The molecule has 0 spiro atoms. The minimum absolute atomic E-state index is 0.0306. The predicted molar refractivity (Wildman–Crippen MR) is 93.4 cm³/mol. The number of benzene rings is 1. The SMILES string of the molecule is O=C1CCN(C2CCSCC2)CCN1Cc1ccccc1C(F)(F)F. The van der Waals surface area contributed by atoms with Crippen molar-refractivity contribution in [3.63, 3.8) is 0 Å². The number of carbonyl (C=O) groups is 1. The molecule has 2 aliphatic heterocycles. The summed E-state index contributed by atoms with van der Waals surface area (Å²) in [6.07, 6.45) is -1.74. The number of alkyl halides is 3. The average molecular weight is 372 g/mol. The highest BCUT2D eigenvalue weighted by Gasteiger charge is 2.34. The fraction of sp³-hybridized carbons (Fsp3) is 0.611. The van der Waals surface area contributed by atoms with Gasteiger partial charge in [-0.25, -0.2) is 0 Å². The molecule has 2 heterocycles. The van der Waals surface area contributed by atoms with E-state index in [1.54, 1.807) is 11.0 Å². The molecular formula is C18H23F3N2OS. The molecule has 0 radical (unpaired) electrons. The number of rotatable bonds is 3. The Balaban J connectivity index is 1.68. The second-order valence-corrected chi connectivity index (χ2v) is 7.82. The summed E-state index contributed by atoms with van der Waals surface area (Å²) in [7, 11) is 0. The molecule has 7 heteroatoms. The summed E-state index contributed by atoms with van der Waals surface area (Å²) in [5, 5.41) is 0. The molecule has 3 rings (SSSR count). The Morgan fingerprint density at radius 1 is 1.08 bits per heavy atom. The maximum absolute atomic E-state index is 13.2. The van der Waals surface area contributed by atoms with Crippen LogP contribution < -0.4 is 0 Å². The molecule has 0 bridgehead atoms. The Kier molecular flexibility index (Phi) is 5.94. The van der Waals surface area contributed by atoms with E-state index in [4.69, 9.17) is 0 Å². The molecule has 25 heavy (non-hydrogen) atoms. The van der Waals surface area contributed by atoms with Crippen molar-refractivity contribution in [2.45, 2.75) is 38.0 Å². The second kappa shape index (κ2) is 7.99. The monoisotopic (exact) mass is 372 g/mol. The smallest absolute Gasteiger partial charge is 0.337 e. The first-order valence-corrected chi connectivity index (χ1v) is 9.85. The molecule has 2 fully saturated rings. The van der Waals surface area contributed by atoms with E-state index in [1.807, 2.05) is 11.8 Å². The van der Waals surface area contributed by atoms with Gasteiger partial charge in [-0.15, -0.1) is 0 Å². The van der Waals surface area contributed by atoms with Crippen LogP contribution in [0.3, 0.4) is 0 Å². The van der Waals surface area contributed by atoms with Gasteiger partial charge in [0.05, 0.1) is 5.56 Å². The summed E-state index contributed by atoms with van der Waals surface area (Å²) >= 11 is 1.96. The van der Waals surface area contributed by atoms with Crippen molar-refractivity contribution in [2.24, 2.45) is 0 Å². The second-order valence-electron chi connectivity index (χ2n) is 6.60. The Labute approximate surface area is 150 Å². The number of amides is 1. The van der Waals surface area contributed by atoms with Gasteiger partial charge in [0.15, 0.2) is 0 Å². The summed E-state index contributed by atoms with van der Waals surface area (Å²) < 4.78 is 39.5. The maximum atomic E-state index is 13.2. The van der Waals surface area contributed by atoms with Crippen molar-refractivity contribution in [3.8, 4) is 0 Å². The standard InChI is InChI=1S/C18H23F3N2OS/c19-18(20,21)16-4-2-1-3-14(16)13-23-10-9-22(8-5-17(23)24)15-6-11-25-12-7-15/h1-4,15H,5-13H2. The number of hydrogen-bond donors (Lipinski definition) is 0. The third-order valence-electron chi connectivity index (χ3n) is 5.01. The van der Waals surface area contributed by atoms with Crippen LogP contribution in [0.2, 0.25) is 0 Å². The molecule has 1 aromatic rings. The van der Waals surface area contributed by atoms with E-state index in [1.165, 1.54) is 12.1 Å². The van der Waals surface area contributed by atoms with Crippen LogP contribution in [0.15, 0.2) is 24.3 Å². The van der Waals surface area contributed by atoms with Gasteiger partial charge in [-0.1, -0.05) is 18.2 Å². The molecular weight excluding hydrogens is 349 g/mol. The fourth-order valence-corrected chi connectivity index (χ4v) is 4.69. The first kappa shape index (κ1) is 18.6. The van der Waals surface area contributed by atoms with Crippen LogP contribution >= 0.6 is 11.8 Å². The topological polar surface area (TPSA) is 23.6 Å². The van der Waals surface area contributed by atoms with Crippen LogP contribution in [0, 0.1) is 0 Å². The number of carbonyl (C=O) groups excluding carboxylic acids is 1. The van der Waals surface area contributed by atoms with Gasteiger partial charge in [0, 0.05) is 38.6 Å². The van der Waals surface area contributed by atoms with Gasteiger partial charge >= 0.3 is 6.18 Å². The minimum atomic E-state index is -4.39. The summed E-state index contributed by atoms with van der Waals surface area (Å²) in [6.45, 7) is 1.98. The van der Waals surface area contributed by atoms with Crippen molar-refractivity contribution in [3.05, 3.63) is 35.4 Å². The van der Waals surface area contributed by atoms with Crippen molar-refractivity contribution in [1.29, 1.82) is 0 Å². The van der Waals surface area contributed by atoms with Gasteiger partial charge in [-0.2, -0.15) is 24.9 Å². The largest absolute Gasteiger partial charge is 0.416 e. The van der Waals surface area contributed by atoms with Gasteiger partial charge in [0.2, 0.25) is 5.91 Å². The fourth-order valence-electron chi connectivity index (χ4n) is 3.61. The van der Waals surface area contributed by atoms with Crippen molar-refractivity contribution in [2.75, 3.05) is 31.1 Å². The normalized spacial score (nSPS) is 21.4. The molecule has 2 saturated heterocycles. The van der Waals surface area contributed by atoms with E-state index in [-0.39, 0.29) is 18.0 Å². The highest BCUT2D eigenvalue weighted by molar-refractivity contribution is 7.99. The van der Waals surface area contributed by atoms with E-state index < -0.39 is 11.7 Å². The van der Waals surface area contributed by atoms with Crippen molar-refractivity contribution < 1.29 is 18.0 Å². The van der Waals surface area contributed by atoms with Crippen LogP contribution in [0.25, 0.3) is 0 Å². The summed E-state index contributed by atoms with van der Waals surface area (Å²) in [5.74, 6) is 2.25. The van der Waals surface area contributed by atoms with Crippen molar-refractivity contribution in [1.82, 2.24) is 9.80 Å². The maximum Gasteiger partial charge on any atom is 0.416 e. The van der Waals surface area contributed by atoms with E-state index in [0.29, 0.717) is 25.6 Å². The van der Waals surface area contributed by atoms with Gasteiger partial charge < -0.3 is 4.90 Å². The summed E-state index contributed by atoms with van der Waals surface area (Å²) in [5.41, 5.74) is -0.473. The molecule has 0 atom stereocenters. The zero-order valence-electron chi connectivity index (χ0n) is 14.1. The summed E-state index contributed by atoms with van der Waals surface area (Å²) in [6, 6.07) is 6.05. The lowest BCUT2D eigenvalue weighted by Gasteiger charge is -2.33. The van der Waals surface area contributed by atoms with Crippen molar-refractivity contribution >= 4 is 17.7 Å². The summed E-state index contributed by atoms with van der Waals surface area (Å²) in [4.78, 5) is 16.4. The molecule has 138 valence electrons. The number of hydrogen-bond acceptors (Lipinski definition) is 3. The van der Waals surface area contributed by atoms with Crippen LogP contribution in [0.5, 0.6) is 0 Å². The molecule has 1 amide bonds. The Morgan fingerprint density at radius 3 is 2.52 bits per heavy atom. The lowest BCUT2D eigenvalue weighted by Crippen LogP contribution is -2.40. The predicted octanol–water partition coefficient (Wildman–Crippen LogP) is 3.64. The zero-order chi connectivity index (χ0) is 17.9. The van der Waals surface area contributed by atoms with Crippen LogP contribution in [0.4, 0.5) is 13.2 Å². The highest BCUT2D eigenvalue weighted by Crippen LogP contribution is 2.32. The number of nitrogens with zero attached hydrogens (tertiary/aromatic N) is 2. The number of thioether (sulfide) groups is 1. The third kappa shape index (κ3) is 4.70. The number of halogens is 3. The van der Waals surface area contributed by atoms with E-state index in [9.17, 15) is 18.0 Å². The van der Waals surface area contributed by atoms with Crippen LogP contribution in [0.1, 0.15) is 30.4 Å². The zero-order valence-corrected chi connectivity index (χ0v) is 14.9. The van der Waals surface area contributed by atoms with Gasteiger partial charge in [0.1, 0.15) is 0 Å². The Morgan fingerprint density at radius 2 is 1.80 bits per heavy atom. The first-order valence-electron chi connectivity index (χ1n) is 8.70. The van der Waals surface area contributed by atoms with Gasteiger partial charge in [-0.05, 0) is 36.0 Å². The molecule has 0 aliphatic carbocycles. The van der Waals surface area contributed by atoms with Gasteiger partial charge in [-0.3, -0.25) is 9.69 Å². The molecule has 3 nitrogen and oxygen atoms in total. The molecule has 1 aromatic carbocycles. The lowest BCUT2D eigenvalue weighted by molar-refractivity contribution is -0.139. The third-order valence-corrected chi connectivity index (χ3v) is 6.06. The molecule has 0 unspecified atom stereocenters. The molecule has 0 N–H and O–H groups in total. The average Bonchev–Trinajstić information content (AvgIpc) is 2.78. The quantitative estimate of drug-likeness (QED) is 0.809. The molecule has 0 saturated carbocycles. The van der Waals surface area contributed by atoms with E-state index in [0.717, 1.165) is 37.0 Å². The lowest BCUT2D eigenvalue weighted by atomic mass is 10.1.